The second-order valence-electron chi connectivity index (χ2n) is 2.19. The van der Waals surface area contributed by atoms with E-state index < -0.39 is 11.3 Å². The van der Waals surface area contributed by atoms with Gasteiger partial charge in [-0.15, -0.1) is 0 Å². The van der Waals surface area contributed by atoms with E-state index in [-0.39, 0.29) is 16.7 Å². The Bertz CT molecular complexity index is 317. The number of hydrogen-bond donors (Lipinski definition) is 2. The minimum absolute atomic E-state index is 0.0620. The lowest BCUT2D eigenvalue weighted by molar-refractivity contribution is 0.246. The summed E-state index contributed by atoms with van der Waals surface area (Å²) < 4.78 is 27.7. The van der Waals surface area contributed by atoms with Gasteiger partial charge >= 0.3 is 0 Å². The van der Waals surface area contributed by atoms with Gasteiger partial charge in [0.2, 0.25) is 0 Å². The molecule has 0 aliphatic rings. The Labute approximate surface area is 99.8 Å². The van der Waals surface area contributed by atoms with Crippen LogP contribution in [0, 0.1) is 0 Å². The van der Waals surface area contributed by atoms with Gasteiger partial charge in [-0.2, -0.15) is 4.40 Å². The lowest BCUT2D eigenvalue weighted by Crippen LogP contribution is -2.11. The number of ether oxygens (including phenoxy) is 1. The van der Waals surface area contributed by atoms with Crippen LogP contribution in [0.2, 0.25) is 0 Å². The van der Waals surface area contributed by atoms with Crippen LogP contribution in [0.4, 0.5) is 0 Å². The number of thioether (sulfide) groups is 1. The molecule has 1 atom stereocenters. The predicted octanol–water partition coefficient (Wildman–Crippen LogP) is 1.45. The van der Waals surface area contributed by atoms with E-state index in [0.717, 1.165) is 11.8 Å². The maximum absolute atomic E-state index is 10.5. The van der Waals surface area contributed by atoms with Gasteiger partial charge in [0.25, 0.3) is 11.3 Å². The first-order valence-corrected chi connectivity index (χ1v) is 5.89. The Morgan fingerprint density at radius 2 is 2.47 bits per heavy atom. The van der Waals surface area contributed by atoms with Crippen molar-refractivity contribution < 1.29 is 13.5 Å². The molecule has 0 bridgehead atoms. The zero-order valence-electron chi connectivity index (χ0n) is 7.97. The number of rotatable bonds is 6. The van der Waals surface area contributed by atoms with Crippen LogP contribution in [0.5, 0.6) is 0 Å². The van der Waals surface area contributed by atoms with Gasteiger partial charge in [0.1, 0.15) is 0 Å². The fourth-order valence-corrected chi connectivity index (χ4v) is 1.86. The second-order valence-corrected chi connectivity index (χ2v) is 4.65. The molecule has 5 nitrogen and oxygen atoms in total. The first-order chi connectivity index (χ1) is 7.01. The summed E-state index contributed by atoms with van der Waals surface area (Å²) in [7, 11) is 1.43. The summed E-state index contributed by atoms with van der Waals surface area (Å²) in [4.78, 5) is 0.430. The highest BCUT2D eigenvalue weighted by molar-refractivity contribution is 8.09. The highest BCUT2D eigenvalue weighted by Gasteiger charge is 2.10. The minimum Gasteiger partial charge on any atom is -0.404 e. The third-order valence-electron chi connectivity index (χ3n) is 1.13. The molecule has 0 aromatic heterocycles. The van der Waals surface area contributed by atoms with E-state index >= 15 is 0 Å². The van der Waals surface area contributed by atoms with Crippen LogP contribution in [0.15, 0.2) is 26.4 Å². The van der Waals surface area contributed by atoms with Gasteiger partial charge in [0.15, 0.2) is 0 Å². The molecule has 86 valence electrons. The summed E-state index contributed by atoms with van der Waals surface area (Å²) in [5.74, 6) is 0. The molecule has 8 heteroatoms. The standard InChI is InChI=1S/C7H11ClN2O3S2/c1-5(8)14-7(3-9)6(4-13-2)10-15(11)12/h3H,1,4,9H2,2H3,(H,11,12)/b7-3-,10-6?. The third kappa shape index (κ3) is 6.69. The van der Waals surface area contributed by atoms with Crippen molar-refractivity contribution >= 4 is 40.3 Å². The molecule has 0 rings (SSSR count). The van der Waals surface area contributed by atoms with Gasteiger partial charge in [-0.3, -0.25) is 4.55 Å². The van der Waals surface area contributed by atoms with Gasteiger partial charge in [0.05, 0.1) is 21.6 Å². The number of halogens is 1. The van der Waals surface area contributed by atoms with Crippen molar-refractivity contribution in [2.75, 3.05) is 13.7 Å². The normalized spacial score (nSPS) is 15.1. The smallest absolute Gasteiger partial charge is 0.282 e. The van der Waals surface area contributed by atoms with Crippen LogP contribution in [0.1, 0.15) is 0 Å². The lowest BCUT2D eigenvalue weighted by atomic mass is 10.4. The molecule has 15 heavy (non-hydrogen) atoms. The summed E-state index contributed by atoms with van der Waals surface area (Å²) in [6, 6.07) is 0. The molecule has 0 radical (unpaired) electrons. The Morgan fingerprint density at radius 1 is 1.87 bits per heavy atom. The maximum atomic E-state index is 10.5. The Hall–Kier alpha value is -0.340. The van der Waals surface area contributed by atoms with Gasteiger partial charge in [-0.05, 0) is 0 Å². The van der Waals surface area contributed by atoms with E-state index in [2.05, 4.69) is 11.0 Å². The monoisotopic (exact) mass is 270 g/mol. The van der Waals surface area contributed by atoms with E-state index in [1.54, 1.807) is 0 Å². The number of hydrogen-bond acceptors (Lipinski definition) is 4. The molecule has 3 N–H and O–H groups in total. The molecule has 1 unspecified atom stereocenters. The lowest BCUT2D eigenvalue weighted by Gasteiger charge is -2.06. The summed E-state index contributed by atoms with van der Waals surface area (Å²) in [5.41, 5.74) is 5.57. The molecule has 0 amide bonds. The Morgan fingerprint density at radius 3 is 2.80 bits per heavy atom. The molecular formula is C7H11ClN2O3S2. The number of nitrogens with zero attached hydrogens (tertiary/aromatic N) is 1. The number of nitrogens with two attached hydrogens (primary N) is 1. The highest BCUT2D eigenvalue weighted by atomic mass is 35.5. The third-order valence-corrected chi connectivity index (χ3v) is 2.55. The van der Waals surface area contributed by atoms with Crippen molar-refractivity contribution in [3.8, 4) is 0 Å². The summed E-state index contributed by atoms with van der Waals surface area (Å²) in [5, 5.41) is 0. The fourth-order valence-electron chi connectivity index (χ4n) is 0.682. The largest absolute Gasteiger partial charge is 0.404 e. The fraction of sp³-hybridized carbons (Fsp3) is 0.286. The van der Waals surface area contributed by atoms with Crippen molar-refractivity contribution in [3.63, 3.8) is 0 Å². The van der Waals surface area contributed by atoms with E-state index in [0.29, 0.717) is 4.91 Å². The van der Waals surface area contributed by atoms with Crippen LogP contribution in [0.3, 0.4) is 0 Å². The van der Waals surface area contributed by atoms with Gasteiger partial charge in [-0.25, -0.2) is 4.21 Å². The quantitative estimate of drug-likeness (QED) is 0.564. The molecule has 0 heterocycles. The van der Waals surface area contributed by atoms with Crippen LogP contribution < -0.4 is 5.73 Å². The second kappa shape index (κ2) is 7.89. The first-order valence-electron chi connectivity index (χ1n) is 3.63. The molecule has 0 fully saturated rings. The summed E-state index contributed by atoms with van der Waals surface area (Å²) in [6.07, 6.45) is 1.23. The molecule has 0 aromatic rings. The molecule has 0 aliphatic heterocycles. The maximum Gasteiger partial charge on any atom is 0.282 e. The van der Waals surface area contributed by atoms with Crippen LogP contribution in [0.25, 0.3) is 0 Å². The molecule has 0 aliphatic carbocycles. The Balaban J connectivity index is 4.87. The van der Waals surface area contributed by atoms with Crippen molar-refractivity contribution in [3.05, 3.63) is 22.0 Å². The summed E-state index contributed by atoms with van der Waals surface area (Å²) >= 11 is 4.30. The topological polar surface area (TPSA) is 84.9 Å². The Kier molecular flexibility index (Phi) is 7.71. The van der Waals surface area contributed by atoms with Gasteiger partial charge < -0.3 is 10.5 Å². The SMILES string of the molecule is C=C(Cl)S/C(=C\N)C(COC)=NS(=O)O. The van der Waals surface area contributed by atoms with E-state index in [1.807, 2.05) is 0 Å². The van der Waals surface area contributed by atoms with E-state index in [9.17, 15) is 4.21 Å². The minimum atomic E-state index is -2.31. The van der Waals surface area contributed by atoms with Crippen LogP contribution in [-0.4, -0.2) is 28.2 Å². The molecule has 0 aromatic carbocycles. The number of methoxy groups -OCH3 is 1. The van der Waals surface area contributed by atoms with E-state index in [1.165, 1.54) is 13.3 Å². The van der Waals surface area contributed by atoms with Crippen molar-refractivity contribution in [2.45, 2.75) is 0 Å². The average molecular weight is 271 g/mol. The zero-order valence-corrected chi connectivity index (χ0v) is 10.4. The molecular weight excluding hydrogens is 260 g/mol. The molecule has 0 saturated carbocycles. The van der Waals surface area contributed by atoms with Crippen LogP contribution >= 0.6 is 23.4 Å². The van der Waals surface area contributed by atoms with E-state index in [4.69, 9.17) is 26.6 Å². The average Bonchev–Trinajstić information content (AvgIpc) is 2.12. The summed E-state index contributed by atoms with van der Waals surface area (Å²) in [6.45, 7) is 3.52. The van der Waals surface area contributed by atoms with Crippen molar-refractivity contribution in [2.24, 2.45) is 10.1 Å². The highest BCUT2D eigenvalue weighted by Crippen LogP contribution is 2.27. The first kappa shape index (κ1) is 14.7. The van der Waals surface area contributed by atoms with Crippen molar-refractivity contribution in [1.29, 1.82) is 0 Å². The predicted molar refractivity (Wildman–Crippen MR) is 64.9 cm³/mol. The van der Waals surface area contributed by atoms with Crippen molar-refractivity contribution in [1.82, 2.24) is 0 Å². The van der Waals surface area contributed by atoms with Crippen LogP contribution in [-0.2, 0) is 16.0 Å². The van der Waals surface area contributed by atoms with Gasteiger partial charge in [0, 0.05) is 13.3 Å². The molecule has 0 spiro atoms. The zero-order chi connectivity index (χ0) is 11.8. The molecule has 0 saturated heterocycles. The van der Waals surface area contributed by atoms with Gasteiger partial charge in [-0.1, -0.05) is 29.9 Å².